The second kappa shape index (κ2) is 9.70. The van der Waals surface area contributed by atoms with Crippen molar-refractivity contribution in [1.29, 1.82) is 0 Å². The van der Waals surface area contributed by atoms with E-state index in [0.29, 0.717) is 30.7 Å². The Kier molecular flexibility index (Phi) is 7.03. The third-order valence-electron chi connectivity index (χ3n) is 5.79. The van der Waals surface area contributed by atoms with E-state index >= 15 is 0 Å². The van der Waals surface area contributed by atoms with Crippen LogP contribution in [0.3, 0.4) is 0 Å². The molecule has 5 nitrogen and oxygen atoms in total. The summed E-state index contributed by atoms with van der Waals surface area (Å²) in [5.74, 6) is -1.43. The van der Waals surface area contributed by atoms with Gasteiger partial charge in [0, 0.05) is 23.6 Å². The van der Waals surface area contributed by atoms with Crippen LogP contribution in [0.2, 0.25) is 0 Å². The first-order chi connectivity index (χ1) is 14.3. The number of nitrogens with one attached hydrogen (secondary N) is 1. The Labute approximate surface area is 177 Å². The number of hydrogen-bond donors (Lipinski definition) is 2. The van der Waals surface area contributed by atoms with Crippen molar-refractivity contribution >= 4 is 23.3 Å². The molecule has 0 aliphatic heterocycles. The van der Waals surface area contributed by atoms with E-state index in [9.17, 15) is 19.5 Å². The smallest absolute Gasteiger partial charge is 0.307 e. The molecule has 3 rings (SSSR count). The first-order valence-corrected chi connectivity index (χ1v) is 10.6. The van der Waals surface area contributed by atoms with Crippen molar-refractivity contribution in [2.24, 2.45) is 17.8 Å². The minimum atomic E-state index is -0.876. The first kappa shape index (κ1) is 21.8. The highest BCUT2D eigenvalue weighted by Gasteiger charge is 2.37. The number of hydrogen-bond acceptors (Lipinski definition) is 3. The summed E-state index contributed by atoms with van der Waals surface area (Å²) in [6.07, 6.45) is 3.37. The molecule has 1 unspecified atom stereocenters. The third kappa shape index (κ3) is 5.35. The highest BCUT2D eigenvalue weighted by Crippen LogP contribution is 2.34. The van der Waals surface area contributed by atoms with Gasteiger partial charge < -0.3 is 10.4 Å². The number of anilines is 1. The number of carbonyl (C=O) groups excluding carboxylic acids is 2. The molecule has 0 radical (unpaired) electrons. The van der Waals surface area contributed by atoms with Gasteiger partial charge in [-0.05, 0) is 48.4 Å². The van der Waals surface area contributed by atoms with Gasteiger partial charge in [-0.2, -0.15) is 0 Å². The van der Waals surface area contributed by atoms with Gasteiger partial charge >= 0.3 is 5.97 Å². The normalized spacial score (nSPS) is 18.4. The summed E-state index contributed by atoms with van der Waals surface area (Å²) in [5.41, 5.74) is 3.27. The molecule has 1 saturated carbocycles. The SMILES string of the molecule is CC(C)CCC(=O)Nc1ccc(-c2ccc(C(=O)C3CCC[C@H]3C(=O)O)cc2)cc1. The van der Waals surface area contributed by atoms with E-state index in [1.807, 2.05) is 36.4 Å². The molecule has 0 aromatic heterocycles. The second-order valence-corrected chi connectivity index (χ2v) is 8.48. The van der Waals surface area contributed by atoms with Crippen LogP contribution >= 0.6 is 0 Å². The summed E-state index contributed by atoms with van der Waals surface area (Å²) in [7, 11) is 0. The molecule has 2 aromatic carbocycles. The molecule has 2 aromatic rings. The zero-order chi connectivity index (χ0) is 21.7. The van der Waals surface area contributed by atoms with Gasteiger partial charge in [0.15, 0.2) is 5.78 Å². The monoisotopic (exact) mass is 407 g/mol. The van der Waals surface area contributed by atoms with Crippen LogP contribution in [-0.2, 0) is 9.59 Å². The van der Waals surface area contributed by atoms with Crippen molar-refractivity contribution in [3.63, 3.8) is 0 Å². The van der Waals surface area contributed by atoms with Crippen LogP contribution in [0.15, 0.2) is 48.5 Å². The van der Waals surface area contributed by atoms with Crippen molar-refractivity contribution in [2.45, 2.75) is 46.0 Å². The van der Waals surface area contributed by atoms with Gasteiger partial charge in [0.1, 0.15) is 0 Å². The molecule has 1 aliphatic rings. The molecule has 158 valence electrons. The zero-order valence-corrected chi connectivity index (χ0v) is 17.6. The lowest BCUT2D eigenvalue weighted by atomic mass is 9.88. The van der Waals surface area contributed by atoms with E-state index in [0.717, 1.165) is 29.7 Å². The maximum absolute atomic E-state index is 12.7. The summed E-state index contributed by atoms with van der Waals surface area (Å²) in [5, 5.41) is 12.2. The Morgan fingerprint density at radius 2 is 1.50 bits per heavy atom. The lowest BCUT2D eigenvalue weighted by Gasteiger charge is -2.14. The maximum Gasteiger partial charge on any atom is 0.307 e. The molecule has 0 heterocycles. The highest BCUT2D eigenvalue weighted by molar-refractivity contribution is 6.00. The van der Waals surface area contributed by atoms with E-state index in [1.54, 1.807) is 12.1 Å². The Hall–Kier alpha value is -2.95. The quantitative estimate of drug-likeness (QED) is 0.573. The van der Waals surface area contributed by atoms with E-state index in [-0.39, 0.29) is 11.7 Å². The molecule has 0 bridgehead atoms. The Morgan fingerprint density at radius 1 is 0.933 bits per heavy atom. The third-order valence-corrected chi connectivity index (χ3v) is 5.79. The van der Waals surface area contributed by atoms with Crippen molar-refractivity contribution in [3.8, 4) is 11.1 Å². The molecule has 1 amide bonds. The number of benzene rings is 2. The fraction of sp³-hybridized carbons (Fsp3) is 0.400. The standard InChI is InChI=1S/C25H29NO4/c1-16(2)6-15-23(27)26-20-13-11-18(12-14-20)17-7-9-19(10-8-17)24(28)21-4-3-5-22(21)25(29)30/h7-14,16,21-22H,3-6,15H2,1-2H3,(H,26,27)(H,29,30)/t21?,22-/m1/s1. The minimum absolute atomic E-state index is 0.0193. The van der Waals surface area contributed by atoms with Crippen LogP contribution in [-0.4, -0.2) is 22.8 Å². The lowest BCUT2D eigenvalue weighted by molar-refractivity contribution is -0.142. The van der Waals surface area contributed by atoms with Gasteiger partial charge in [-0.1, -0.05) is 56.7 Å². The van der Waals surface area contributed by atoms with E-state index in [4.69, 9.17) is 0 Å². The number of ketones is 1. The molecule has 5 heteroatoms. The number of rotatable bonds is 8. The number of carbonyl (C=O) groups is 3. The Bertz CT molecular complexity index is 900. The van der Waals surface area contributed by atoms with Crippen molar-refractivity contribution < 1.29 is 19.5 Å². The fourth-order valence-electron chi connectivity index (χ4n) is 4.00. The fourth-order valence-corrected chi connectivity index (χ4v) is 4.00. The second-order valence-electron chi connectivity index (χ2n) is 8.48. The van der Waals surface area contributed by atoms with E-state index in [2.05, 4.69) is 19.2 Å². The largest absolute Gasteiger partial charge is 0.481 e. The van der Waals surface area contributed by atoms with Gasteiger partial charge in [-0.25, -0.2) is 0 Å². The van der Waals surface area contributed by atoms with Gasteiger partial charge in [-0.3, -0.25) is 14.4 Å². The van der Waals surface area contributed by atoms with Crippen molar-refractivity contribution in [3.05, 3.63) is 54.1 Å². The van der Waals surface area contributed by atoms with Crippen molar-refractivity contribution in [1.82, 2.24) is 0 Å². The Balaban J connectivity index is 1.64. The Morgan fingerprint density at radius 3 is 2.07 bits per heavy atom. The van der Waals surface area contributed by atoms with Crippen LogP contribution in [0.25, 0.3) is 11.1 Å². The van der Waals surface area contributed by atoms with Gasteiger partial charge in [0.2, 0.25) is 5.91 Å². The van der Waals surface area contributed by atoms with Crippen LogP contribution in [0, 0.1) is 17.8 Å². The predicted octanol–water partition coefficient (Wildman–Crippen LogP) is 5.41. The molecule has 1 fully saturated rings. The summed E-state index contributed by atoms with van der Waals surface area (Å²) < 4.78 is 0. The predicted molar refractivity (Wildman–Crippen MR) is 117 cm³/mol. The van der Waals surface area contributed by atoms with Crippen LogP contribution < -0.4 is 5.32 Å². The van der Waals surface area contributed by atoms with Crippen LogP contribution in [0.5, 0.6) is 0 Å². The summed E-state index contributed by atoms with van der Waals surface area (Å²) in [6, 6.07) is 14.9. The minimum Gasteiger partial charge on any atom is -0.481 e. The average Bonchev–Trinajstić information content (AvgIpc) is 3.23. The van der Waals surface area contributed by atoms with Crippen molar-refractivity contribution in [2.75, 3.05) is 5.32 Å². The molecular weight excluding hydrogens is 378 g/mol. The molecular formula is C25H29NO4. The molecule has 0 spiro atoms. The molecule has 1 aliphatic carbocycles. The van der Waals surface area contributed by atoms with E-state index in [1.165, 1.54) is 0 Å². The highest BCUT2D eigenvalue weighted by atomic mass is 16.4. The number of carboxylic acids is 1. The van der Waals surface area contributed by atoms with Gasteiger partial charge in [0.05, 0.1) is 5.92 Å². The molecule has 2 N–H and O–H groups in total. The number of amides is 1. The van der Waals surface area contributed by atoms with E-state index < -0.39 is 17.8 Å². The first-order valence-electron chi connectivity index (χ1n) is 10.6. The topological polar surface area (TPSA) is 83.5 Å². The zero-order valence-electron chi connectivity index (χ0n) is 17.6. The molecule has 30 heavy (non-hydrogen) atoms. The summed E-state index contributed by atoms with van der Waals surface area (Å²) >= 11 is 0. The van der Waals surface area contributed by atoms with Gasteiger partial charge in [0.25, 0.3) is 0 Å². The number of Topliss-reactive ketones (excluding diaryl/α,β-unsaturated/α-hetero) is 1. The number of carboxylic acid groups (broad SMARTS) is 1. The van der Waals surface area contributed by atoms with Crippen LogP contribution in [0.4, 0.5) is 5.69 Å². The number of aliphatic carboxylic acids is 1. The molecule has 0 saturated heterocycles. The van der Waals surface area contributed by atoms with Gasteiger partial charge in [-0.15, -0.1) is 0 Å². The summed E-state index contributed by atoms with van der Waals surface area (Å²) in [4.78, 5) is 36.1. The maximum atomic E-state index is 12.7. The lowest BCUT2D eigenvalue weighted by Crippen LogP contribution is -2.25. The average molecular weight is 408 g/mol. The molecule has 2 atom stereocenters. The summed E-state index contributed by atoms with van der Waals surface area (Å²) in [6.45, 7) is 4.19. The van der Waals surface area contributed by atoms with Crippen LogP contribution in [0.1, 0.15) is 56.3 Å².